The van der Waals surface area contributed by atoms with E-state index in [1.807, 2.05) is 6.07 Å². The molecule has 0 radical (unpaired) electrons. The lowest BCUT2D eigenvalue weighted by molar-refractivity contribution is -0.140. The average molecular weight is 606 g/mol. The fourth-order valence-corrected chi connectivity index (χ4v) is 6.07. The van der Waals surface area contributed by atoms with Crippen molar-refractivity contribution in [3.63, 3.8) is 0 Å². The molecule has 224 valence electrons. The molecule has 10 heteroatoms. The van der Waals surface area contributed by atoms with Gasteiger partial charge in [-0.05, 0) is 49.7 Å². The second-order valence-corrected chi connectivity index (χ2v) is 12.1. The number of benzene rings is 4. The number of nitrogens with zero attached hydrogens (tertiary/aromatic N) is 2. The lowest BCUT2D eigenvalue weighted by Crippen LogP contribution is -2.54. The van der Waals surface area contributed by atoms with Gasteiger partial charge in [0.05, 0.1) is 10.6 Å². The molecule has 0 saturated carbocycles. The van der Waals surface area contributed by atoms with E-state index in [0.29, 0.717) is 4.31 Å². The molecular formula is C33H33F2N3O4S. The van der Waals surface area contributed by atoms with Crippen molar-refractivity contribution < 1.29 is 26.8 Å². The Labute approximate surface area is 250 Å². The normalized spacial score (nSPS) is 12.0. The van der Waals surface area contributed by atoms with Gasteiger partial charge in [0, 0.05) is 24.6 Å². The largest absolute Gasteiger partial charge is 0.352 e. The first-order valence-electron chi connectivity index (χ1n) is 13.8. The van der Waals surface area contributed by atoms with E-state index < -0.39 is 46.1 Å². The summed E-state index contributed by atoms with van der Waals surface area (Å²) in [5.41, 5.74) is 0.534. The molecule has 1 atom stereocenters. The first kappa shape index (κ1) is 31.4. The standard InChI is InChI=1S/C33H33F2N3O4S/c1-24(2)36-33(40)31(21-25-13-5-3-6-14-25)37(22-26-15-9-10-18-28(26)34)32(39)23-38(30-20-12-11-19-29(30)35)43(41,42)27-16-7-4-8-17-27/h3-20,24,31H,21-23H2,1-2H3,(H,36,40)/t31-/m1/s1. The summed E-state index contributed by atoms with van der Waals surface area (Å²) in [5.74, 6) is -2.75. The van der Waals surface area contributed by atoms with Crippen LogP contribution >= 0.6 is 0 Å². The van der Waals surface area contributed by atoms with Gasteiger partial charge in [0.25, 0.3) is 10.0 Å². The summed E-state index contributed by atoms with van der Waals surface area (Å²) in [6.45, 7) is 2.37. The number of para-hydroxylation sites is 1. The molecule has 0 aliphatic heterocycles. The summed E-state index contributed by atoms with van der Waals surface area (Å²) < 4.78 is 58.4. The van der Waals surface area contributed by atoms with Gasteiger partial charge in [-0.15, -0.1) is 0 Å². The summed E-state index contributed by atoms with van der Waals surface area (Å²) in [4.78, 5) is 28.9. The number of carbonyl (C=O) groups is 2. The zero-order valence-corrected chi connectivity index (χ0v) is 24.7. The quantitative estimate of drug-likeness (QED) is 0.237. The zero-order chi connectivity index (χ0) is 31.0. The molecule has 1 N–H and O–H groups in total. The molecule has 2 amide bonds. The van der Waals surface area contributed by atoms with Crippen molar-refractivity contribution in [3.05, 3.63) is 132 Å². The second kappa shape index (κ2) is 14.1. The number of hydrogen-bond acceptors (Lipinski definition) is 4. The highest BCUT2D eigenvalue weighted by Gasteiger charge is 2.35. The Morgan fingerprint density at radius 3 is 1.93 bits per heavy atom. The summed E-state index contributed by atoms with van der Waals surface area (Å²) in [6.07, 6.45) is 0.0741. The van der Waals surface area contributed by atoms with Crippen LogP contribution in [0.15, 0.2) is 114 Å². The summed E-state index contributed by atoms with van der Waals surface area (Å²) in [5, 5.41) is 2.83. The van der Waals surface area contributed by atoms with E-state index in [4.69, 9.17) is 0 Å². The monoisotopic (exact) mass is 605 g/mol. The van der Waals surface area contributed by atoms with Crippen LogP contribution in [0, 0.1) is 11.6 Å². The molecule has 0 heterocycles. The van der Waals surface area contributed by atoms with Gasteiger partial charge in [-0.1, -0.05) is 78.9 Å². The lowest BCUT2D eigenvalue weighted by Gasteiger charge is -2.34. The van der Waals surface area contributed by atoms with Crippen molar-refractivity contribution in [1.82, 2.24) is 10.2 Å². The SMILES string of the molecule is CC(C)NC(=O)[C@@H](Cc1ccccc1)N(Cc1ccccc1F)C(=O)CN(c1ccccc1F)S(=O)(=O)c1ccccc1. The van der Waals surface area contributed by atoms with Gasteiger partial charge in [0.15, 0.2) is 0 Å². The van der Waals surface area contributed by atoms with Crippen LogP contribution in [0.3, 0.4) is 0 Å². The predicted octanol–water partition coefficient (Wildman–Crippen LogP) is 5.32. The van der Waals surface area contributed by atoms with E-state index in [-0.39, 0.29) is 35.2 Å². The molecule has 0 aliphatic rings. The highest BCUT2D eigenvalue weighted by atomic mass is 32.2. The minimum atomic E-state index is -4.44. The Balaban J connectivity index is 1.82. The molecule has 4 rings (SSSR count). The molecule has 0 fully saturated rings. The first-order valence-corrected chi connectivity index (χ1v) is 15.2. The smallest absolute Gasteiger partial charge is 0.264 e. The summed E-state index contributed by atoms with van der Waals surface area (Å²) in [7, 11) is -4.44. The number of hydrogen-bond donors (Lipinski definition) is 1. The van der Waals surface area contributed by atoms with Crippen LogP contribution in [0.25, 0.3) is 0 Å². The summed E-state index contributed by atoms with van der Waals surface area (Å²) >= 11 is 0. The Morgan fingerprint density at radius 1 is 0.767 bits per heavy atom. The van der Waals surface area contributed by atoms with Gasteiger partial charge >= 0.3 is 0 Å². The third-order valence-corrected chi connectivity index (χ3v) is 8.51. The molecular weight excluding hydrogens is 572 g/mol. The molecule has 4 aromatic carbocycles. The predicted molar refractivity (Wildman–Crippen MR) is 162 cm³/mol. The number of carbonyl (C=O) groups excluding carboxylic acids is 2. The van der Waals surface area contributed by atoms with Gasteiger partial charge in [0.1, 0.15) is 24.2 Å². The first-order chi connectivity index (χ1) is 20.6. The van der Waals surface area contributed by atoms with Gasteiger partial charge in [-0.25, -0.2) is 17.2 Å². The fourth-order valence-electron chi connectivity index (χ4n) is 4.63. The van der Waals surface area contributed by atoms with Crippen LogP contribution in [-0.4, -0.2) is 43.8 Å². The maximum Gasteiger partial charge on any atom is 0.264 e. The third kappa shape index (κ3) is 7.84. The van der Waals surface area contributed by atoms with Gasteiger partial charge < -0.3 is 10.2 Å². The fraction of sp³-hybridized carbons (Fsp3) is 0.212. The minimum Gasteiger partial charge on any atom is -0.352 e. The molecule has 4 aromatic rings. The van der Waals surface area contributed by atoms with Crippen molar-refractivity contribution in [2.24, 2.45) is 0 Å². The van der Waals surface area contributed by atoms with Crippen molar-refractivity contribution in [2.75, 3.05) is 10.8 Å². The number of anilines is 1. The molecule has 7 nitrogen and oxygen atoms in total. The Hall–Kier alpha value is -4.57. The van der Waals surface area contributed by atoms with Crippen molar-refractivity contribution in [1.29, 1.82) is 0 Å². The van der Waals surface area contributed by atoms with E-state index in [1.54, 1.807) is 50.2 Å². The number of nitrogens with one attached hydrogen (secondary N) is 1. The molecule has 0 bridgehead atoms. The van der Waals surface area contributed by atoms with Crippen LogP contribution in [0.2, 0.25) is 0 Å². The number of amides is 2. The third-order valence-electron chi connectivity index (χ3n) is 6.73. The highest BCUT2D eigenvalue weighted by Crippen LogP contribution is 2.27. The number of sulfonamides is 1. The van der Waals surface area contributed by atoms with E-state index in [2.05, 4.69) is 5.32 Å². The molecule has 0 unspecified atom stereocenters. The van der Waals surface area contributed by atoms with Crippen LogP contribution in [0.1, 0.15) is 25.0 Å². The highest BCUT2D eigenvalue weighted by molar-refractivity contribution is 7.92. The molecule has 0 aromatic heterocycles. The van der Waals surface area contributed by atoms with Crippen LogP contribution in [-0.2, 0) is 32.6 Å². The van der Waals surface area contributed by atoms with Crippen LogP contribution in [0.4, 0.5) is 14.5 Å². The number of halogens is 2. The van der Waals surface area contributed by atoms with E-state index in [0.717, 1.165) is 16.5 Å². The lowest BCUT2D eigenvalue weighted by atomic mass is 10.0. The average Bonchev–Trinajstić information content (AvgIpc) is 2.99. The van der Waals surface area contributed by atoms with Crippen molar-refractivity contribution in [2.45, 2.75) is 43.8 Å². The topological polar surface area (TPSA) is 86.8 Å². The molecule has 0 aliphatic carbocycles. The van der Waals surface area contributed by atoms with Gasteiger partial charge in [-0.3, -0.25) is 13.9 Å². The molecule has 43 heavy (non-hydrogen) atoms. The van der Waals surface area contributed by atoms with E-state index >= 15 is 4.39 Å². The number of rotatable bonds is 12. The molecule has 0 spiro atoms. The second-order valence-electron chi connectivity index (χ2n) is 10.3. The van der Waals surface area contributed by atoms with Gasteiger partial charge in [-0.2, -0.15) is 0 Å². The van der Waals surface area contributed by atoms with Crippen LogP contribution < -0.4 is 9.62 Å². The zero-order valence-electron chi connectivity index (χ0n) is 23.9. The Bertz CT molecular complexity index is 1650. The minimum absolute atomic E-state index is 0.0741. The maximum absolute atomic E-state index is 15.1. The molecule has 0 saturated heterocycles. The van der Waals surface area contributed by atoms with Crippen molar-refractivity contribution >= 4 is 27.5 Å². The Kier molecular flexibility index (Phi) is 10.3. The van der Waals surface area contributed by atoms with Crippen LogP contribution in [0.5, 0.6) is 0 Å². The Morgan fingerprint density at radius 2 is 1.33 bits per heavy atom. The summed E-state index contributed by atoms with van der Waals surface area (Å²) in [6, 6.07) is 26.0. The van der Waals surface area contributed by atoms with Crippen molar-refractivity contribution in [3.8, 4) is 0 Å². The maximum atomic E-state index is 15.1. The van der Waals surface area contributed by atoms with Gasteiger partial charge in [0.2, 0.25) is 11.8 Å². The van der Waals surface area contributed by atoms with E-state index in [9.17, 15) is 22.4 Å². The van der Waals surface area contributed by atoms with E-state index in [1.165, 1.54) is 60.7 Å².